The molecule has 28 heavy (non-hydrogen) atoms. The number of benzene rings is 2. The molecule has 1 N–H and O–H groups in total. The third-order valence-electron chi connectivity index (χ3n) is 5.71. The van der Waals surface area contributed by atoms with Crippen LogP contribution in [0.5, 0.6) is 0 Å². The van der Waals surface area contributed by atoms with E-state index >= 15 is 0 Å². The van der Waals surface area contributed by atoms with Crippen LogP contribution in [0.2, 0.25) is 0 Å². The van der Waals surface area contributed by atoms with E-state index in [0.29, 0.717) is 19.7 Å². The molecule has 2 aromatic carbocycles. The molecular formula is C22H27N3O3. The minimum Gasteiger partial charge on any atom is -0.465 e. The van der Waals surface area contributed by atoms with Gasteiger partial charge in [-0.05, 0) is 17.2 Å². The number of hydrogen-bond donors (Lipinski definition) is 1. The Bertz CT molecular complexity index is 833. The van der Waals surface area contributed by atoms with Gasteiger partial charge in [0.05, 0.1) is 6.61 Å². The summed E-state index contributed by atoms with van der Waals surface area (Å²) in [5, 5.41) is 9.08. The molecule has 2 aliphatic heterocycles. The van der Waals surface area contributed by atoms with E-state index < -0.39 is 6.09 Å². The SMILES string of the molecule is CN1Cc2ccccc2C(OCCN2CCN(C(=O)O)CC2)c2ccccc21. The molecule has 1 unspecified atom stereocenters. The van der Waals surface area contributed by atoms with Crippen LogP contribution in [0.15, 0.2) is 48.5 Å². The maximum absolute atomic E-state index is 11.1. The van der Waals surface area contributed by atoms with E-state index in [4.69, 9.17) is 9.84 Å². The summed E-state index contributed by atoms with van der Waals surface area (Å²) in [4.78, 5) is 17.1. The molecule has 0 aromatic heterocycles. The number of anilines is 1. The number of amides is 1. The molecule has 0 radical (unpaired) electrons. The summed E-state index contributed by atoms with van der Waals surface area (Å²) in [6.45, 7) is 4.94. The molecule has 0 bridgehead atoms. The minimum atomic E-state index is -0.827. The average molecular weight is 381 g/mol. The Hall–Kier alpha value is -2.57. The molecular weight excluding hydrogens is 354 g/mol. The van der Waals surface area contributed by atoms with E-state index in [2.05, 4.69) is 65.4 Å². The number of nitrogens with zero attached hydrogens (tertiary/aromatic N) is 3. The lowest BCUT2D eigenvalue weighted by Crippen LogP contribution is -2.49. The van der Waals surface area contributed by atoms with Crippen LogP contribution in [-0.2, 0) is 11.3 Å². The van der Waals surface area contributed by atoms with Gasteiger partial charge in [0.15, 0.2) is 0 Å². The van der Waals surface area contributed by atoms with Gasteiger partial charge in [0.1, 0.15) is 6.10 Å². The van der Waals surface area contributed by atoms with Crippen molar-refractivity contribution >= 4 is 11.8 Å². The first-order valence-corrected chi connectivity index (χ1v) is 9.83. The number of rotatable bonds is 4. The Morgan fingerprint density at radius 2 is 1.71 bits per heavy atom. The van der Waals surface area contributed by atoms with Crippen molar-refractivity contribution in [2.45, 2.75) is 12.6 Å². The molecule has 0 aliphatic carbocycles. The molecule has 1 amide bonds. The highest BCUT2D eigenvalue weighted by atomic mass is 16.5. The summed E-state index contributed by atoms with van der Waals surface area (Å²) >= 11 is 0. The summed E-state index contributed by atoms with van der Waals surface area (Å²) < 4.78 is 6.44. The lowest BCUT2D eigenvalue weighted by atomic mass is 9.97. The molecule has 6 nitrogen and oxygen atoms in total. The Morgan fingerprint density at radius 1 is 1.04 bits per heavy atom. The van der Waals surface area contributed by atoms with Crippen molar-refractivity contribution in [3.05, 3.63) is 65.2 Å². The van der Waals surface area contributed by atoms with Gasteiger partial charge >= 0.3 is 6.09 Å². The van der Waals surface area contributed by atoms with Crippen LogP contribution in [0.3, 0.4) is 0 Å². The highest BCUT2D eigenvalue weighted by Gasteiger charge is 2.26. The third-order valence-corrected chi connectivity index (χ3v) is 5.71. The van der Waals surface area contributed by atoms with Crippen LogP contribution in [0.1, 0.15) is 22.8 Å². The Labute approximate surface area is 165 Å². The molecule has 2 heterocycles. The molecule has 1 fully saturated rings. The molecule has 0 spiro atoms. The molecule has 2 aromatic rings. The molecule has 148 valence electrons. The van der Waals surface area contributed by atoms with Gasteiger partial charge in [-0.2, -0.15) is 0 Å². The number of ether oxygens (including phenoxy) is 1. The van der Waals surface area contributed by atoms with Crippen LogP contribution >= 0.6 is 0 Å². The predicted octanol–water partition coefficient (Wildman–Crippen LogP) is 3.04. The van der Waals surface area contributed by atoms with E-state index in [9.17, 15) is 4.79 Å². The van der Waals surface area contributed by atoms with Crippen LogP contribution < -0.4 is 4.90 Å². The normalized spacial score (nSPS) is 19.7. The summed E-state index contributed by atoms with van der Waals surface area (Å²) in [6.07, 6.45) is -0.913. The zero-order chi connectivity index (χ0) is 19.5. The highest BCUT2D eigenvalue weighted by molar-refractivity contribution is 5.65. The fourth-order valence-corrected chi connectivity index (χ4v) is 4.14. The second-order valence-corrected chi connectivity index (χ2v) is 7.48. The van der Waals surface area contributed by atoms with Crippen molar-refractivity contribution < 1.29 is 14.6 Å². The fourth-order valence-electron chi connectivity index (χ4n) is 4.14. The van der Waals surface area contributed by atoms with E-state index in [1.165, 1.54) is 27.3 Å². The van der Waals surface area contributed by atoms with Gasteiger partial charge in [-0.3, -0.25) is 4.90 Å². The number of hydrogen-bond acceptors (Lipinski definition) is 4. The average Bonchev–Trinajstić information content (AvgIpc) is 2.83. The van der Waals surface area contributed by atoms with Gasteiger partial charge < -0.3 is 19.6 Å². The number of carbonyl (C=O) groups is 1. The standard InChI is InChI=1S/C22H27N3O3/c1-23-16-17-6-2-3-7-18(17)21(19-8-4-5-9-20(19)23)28-15-14-24-10-12-25(13-11-24)22(26)27/h2-9,21H,10-16H2,1H3,(H,26,27). The second-order valence-electron chi connectivity index (χ2n) is 7.48. The van der Waals surface area contributed by atoms with E-state index in [0.717, 1.165) is 26.2 Å². The van der Waals surface area contributed by atoms with Crippen molar-refractivity contribution in [3.8, 4) is 0 Å². The Balaban J connectivity index is 1.47. The van der Waals surface area contributed by atoms with Gasteiger partial charge in [0, 0.05) is 57.6 Å². The summed E-state index contributed by atoms with van der Waals surface area (Å²) in [5.74, 6) is 0. The summed E-state index contributed by atoms with van der Waals surface area (Å²) in [5.41, 5.74) is 4.93. The quantitative estimate of drug-likeness (QED) is 0.882. The van der Waals surface area contributed by atoms with E-state index in [1.807, 2.05) is 0 Å². The first-order valence-electron chi connectivity index (χ1n) is 9.83. The number of para-hydroxylation sites is 1. The smallest absolute Gasteiger partial charge is 0.407 e. The number of fused-ring (bicyclic) bond motifs is 2. The maximum Gasteiger partial charge on any atom is 0.407 e. The first kappa shape index (κ1) is 18.8. The molecule has 4 rings (SSSR count). The van der Waals surface area contributed by atoms with Crippen molar-refractivity contribution in [1.82, 2.24) is 9.80 Å². The Morgan fingerprint density at radius 3 is 2.46 bits per heavy atom. The second kappa shape index (κ2) is 8.20. The zero-order valence-electron chi connectivity index (χ0n) is 16.3. The van der Waals surface area contributed by atoms with Crippen molar-refractivity contribution in [3.63, 3.8) is 0 Å². The van der Waals surface area contributed by atoms with Crippen molar-refractivity contribution in [2.24, 2.45) is 0 Å². The van der Waals surface area contributed by atoms with Gasteiger partial charge in [-0.25, -0.2) is 4.79 Å². The molecule has 6 heteroatoms. The lowest BCUT2D eigenvalue weighted by molar-refractivity contribution is 0.0457. The molecule has 1 atom stereocenters. The van der Waals surface area contributed by atoms with E-state index in [1.54, 1.807) is 0 Å². The summed E-state index contributed by atoms with van der Waals surface area (Å²) in [7, 11) is 2.12. The molecule has 2 aliphatic rings. The molecule has 0 saturated carbocycles. The first-order chi connectivity index (χ1) is 13.6. The largest absolute Gasteiger partial charge is 0.465 e. The van der Waals surface area contributed by atoms with E-state index in [-0.39, 0.29) is 6.10 Å². The van der Waals surface area contributed by atoms with Crippen LogP contribution in [0.25, 0.3) is 0 Å². The van der Waals surface area contributed by atoms with Crippen LogP contribution in [0.4, 0.5) is 10.5 Å². The van der Waals surface area contributed by atoms with Gasteiger partial charge in [0.2, 0.25) is 0 Å². The van der Waals surface area contributed by atoms with Gasteiger partial charge in [-0.15, -0.1) is 0 Å². The lowest BCUT2D eigenvalue weighted by Gasteiger charge is -2.33. The third kappa shape index (κ3) is 3.84. The molecule has 1 saturated heterocycles. The topological polar surface area (TPSA) is 56.2 Å². The highest BCUT2D eigenvalue weighted by Crippen LogP contribution is 2.38. The minimum absolute atomic E-state index is 0.0855. The van der Waals surface area contributed by atoms with Crippen molar-refractivity contribution in [1.29, 1.82) is 0 Å². The fraction of sp³-hybridized carbons (Fsp3) is 0.409. The van der Waals surface area contributed by atoms with Crippen LogP contribution in [0, 0.1) is 0 Å². The zero-order valence-corrected chi connectivity index (χ0v) is 16.3. The monoisotopic (exact) mass is 381 g/mol. The summed E-state index contributed by atoms with van der Waals surface area (Å²) in [6, 6.07) is 17.0. The number of piperazine rings is 1. The van der Waals surface area contributed by atoms with Crippen LogP contribution in [-0.4, -0.2) is 67.4 Å². The maximum atomic E-state index is 11.1. The number of carboxylic acid groups (broad SMARTS) is 1. The van der Waals surface area contributed by atoms with Crippen molar-refractivity contribution in [2.75, 3.05) is 51.3 Å². The predicted molar refractivity (Wildman–Crippen MR) is 109 cm³/mol. The van der Waals surface area contributed by atoms with Gasteiger partial charge in [0.25, 0.3) is 0 Å². The van der Waals surface area contributed by atoms with Gasteiger partial charge in [-0.1, -0.05) is 42.5 Å². The Kier molecular flexibility index (Phi) is 5.50.